The van der Waals surface area contributed by atoms with E-state index in [1.165, 1.54) is 4.68 Å². The van der Waals surface area contributed by atoms with Crippen molar-refractivity contribution in [2.45, 2.75) is 12.8 Å². The number of nitrogens with zero attached hydrogens (tertiary/aromatic N) is 4. The van der Waals surface area contributed by atoms with Crippen LogP contribution in [0.4, 0.5) is 19.1 Å². The van der Waals surface area contributed by atoms with E-state index in [0.717, 1.165) is 6.07 Å². The van der Waals surface area contributed by atoms with Gasteiger partial charge >= 0.3 is 12.1 Å². The first-order valence-corrected chi connectivity index (χ1v) is 5.09. The number of nitrogen functional groups attached to an aromatic ring is 1. The number of alkyl halides is 3. The predicted octanol–water partition coefficient (Wildman–Crippen LogP) is 0.204. The zero-order chi connectivity index (χ0) is 14.0. The molecule has 10 heteroatoms. The number of hydrogen-bond acceptors (Lipinski definition) is 5. The Bertz CT molecular complexity index is 582. The molecular weight excluding hydrogens is 265 g/mol. The van der Waals surface area contributed by atoms with Gasteiger partial charge in [-0.15, -0.1) is 5.10 Å². The van der Waals surface area contributed by atoms with Crippen molar-refractivity contribution in [3.05, 3.63) is 23.7 Å². The van der Waals surface area contributed by atoms with Crippen molar-refractivity contribution >= 4 is 5.95 Å². The summed E-state index contributed by atoms with van der Waals surface area (Å²) in [7, 11) is 1.66. The number of hydrogen-bond donors (Lipinski definition) is 1. The van der Waals surface area contributed by atoms with Gasteiger partial charge in [0.2, 0.25) is 5.69 Å². The normalized spacial score (nSPS) is 11.6. The van der Waals surface area contributed by atoms with E-state index in [2.05, 4.69) is 20.3 Å². The maximum absolute atomic E-state index is 12.5. The maximum atomic E-state index is 12.5. The molecule has 3 N–H and O–H groups in total. The summed E-state index contributed by atoms with van der Waals surface area (Å²) in [4.78, 5) is 5.54. The van der Waals surface area contributed by atoms with Gasteiger partial charge in [0.05, 0.1) is 12.3 Å². The van der Waals surface area contributed by atoms with E-state index < -0.39 is 11.9 Å². The highest BCUT2D eigenvalue weighted by Gasteiger charge is 2.37. The molecule has 19 heavy (non-hydrogen) atoms. The van der Waals surface area contributed by atoms with Crippen molar-refractivity contribution in [1.29, 1.82) is 0 Å². The molecule has 0 aliphatic carbocycles. The fourth-order valence-electron chi connectivity index (χ4n) is 1.31. The van der Waals surface area contributed by atoms with Gasteiger partial charge < -0.3 is 4.74 Å². The Morgan fingerprint density at radius 2 is 2.21 bits per heavy atom. The lowest BCUT2D eigenvalue weighted by Crippen LogP contribution is -2.21. The van der Waals surface area contributed by atoms with Gasteiger partial charge in [0.15, 0.2) is 0 Å². The van der Waals surface area contributed by atoms with Gasteiger partial charge in [-0.25, -0.2) is 4.98 Å². The second-order valence-corrected chi connectivity index (χ2v) is 3.69. The minimum Gasteiger partial charge on any atom is -0.461 e. The van der Waals surface area contributed by atoms with Crippen LogP contribution in [0.1, 0.15) is 11.4 Å². The number of aromatic nitrogens is 5. The molecule has 0 aromatic carbocycles. The fourth-order valence-corrected chi connectivity index (χ4v) is 1.31. The monoisotopic (exact) mass is 275 g/mol. The zero-order valence-corrected chi connectivity index (χ0v) is 9.77. The van der Waals surface area contributed by atoms with E-state index in [-0.39, 0.29) is 18.4 Å². The Hall–Kier alpha value is -2.39. The Labute approximate surface area is 105 Å². The number of aryl methyl sites for hydroxylation is 1. The third-order valence-corrected chi connectivity index (χ3v) is 2.08. The first kappa shape index (κ1) is 13.1. The number of nitrogens with one attached hydrogen (secondary N) is 1. The van der Waals surface area contributed by atoms with Crippen molar-refractivity contribution in [2.24, 2.45) is 7.05 Å². The van der Waals surface area contributed by atoms with Gasteiger partial charge in [0.25, 0.3) is 5.88 Å². The highest BCUT2D eigenvalue weighted by atomic mass is 19.4. The molecule has 2 aromatic rings. The van der Waals surface area contributed by atoms with Crippen LogP contribution in [0.2, 0.25) is 0 Å². The van der Waals surface area contributed by atoms with Crippen molar-refractivity contribution in [1.82, 2.24) is 20.0 Å². The van der Waals surface area contributed by atoms with Crippen molar-refractivity contribution in [3.63, 3.8) is 0 Å². The molecule has 2 heterocycles. The summed E-state index contributed by atoms with van der Waals surface area (Å²) in [5.74, 6) is -0.533. The van der Waals surface area contributed by atoms with E-state index in [1.807, 2.05) is 0 Å². The van der Waals surface area contributed by atoms with Gasteiger partial charge in [0, 0.05) is 7.05 Å². The average Bonchev–Trinajstić information content (AvgIpc) is 2.71. The van der Waals surface area contributed by atoms with Crippen LogP contribution in [0, 0.1) is 0 Å². The second kappa shape index (κ2) is 4.71. The molecule has 102 valence electrons. The number of aromatic amines is 1. The standard InChI is InChI=1S/C9H9F3N6O/c1-18-3-5(16-17-18)4-19-7-2-6(9(10,11)12)14-8(13)15-7/h2-3H,4H2,1H3,(H2,13,14,15)/p+1. The van der Waals surface area contributed by atoms with Crippen molar-refractivity contribution in [2.75, 3.05) is 5.73 Å². The average molecular weight is 275 g/mol. The molecule has 0 saturated heterocycles. The van der Waals surface area contributed by atoms with E-state index in [9.17, 15) is 13.2 Å². The first-order chi connectivity index (χ1) is 8.84. The molecule has 0 saturated carbocycles. The Balaban J connectivity index is 2.14. The second-order valence-electron chi connectivity index (χ2n) is 3.69. The lowest BCUT2D eigenvalue weighted by molar-refractivity contribution is -0.383. The molecule has 2 rings (SSSR count). The molecule has 0 aliphatic rings. The van der Waals surface area contributed by atoms with Crippen LogP contribution in [0.25, 0.3) is 0 Å². The molecule has 0 fully saturated rings. The molecule has 2 aromatic heterocycles. The summed E-state index contributed by atoms with van der Waals surface area (Å²) in [5, 5.41) is 7.39. The number of H-pyrrole nitrogens is 1. The number of halogens is 3. The van der Waals surface area contributed by atoms with Crippen LogP contribution in [0.15, 0.2) is 12.3 Å². The first-order valence-electron chi connectivity index (χ1n) is 5.09. The van der Waals surface area contributed by atoms with Crippen molar-refractivity contribution < 1.29 is 22.9 Å². The number of anilines is 1. The Morgan fingerprint density at radius 3 is 2.79 bits per heavy atom. The number of ether oxygens (including phenoxy) is 1. The van der Waals surface area contributed by atoms with Crippen LogP contribution in [0.5, 0.6) is 5.88 Å². The molecule has 0 radical (unpaired) electrons. The summed E-state index contributed by atoms with van der Waals surface area (Å²) in [5.41, 5.74) is 4.60. The Morgan fingerprint density at radius 1 is 1.47 bits per heavy atom. The summed E-state index contributed by atoms with van der Waals surface area (Å²) < 4.78 is 44.1. The minimum absolute atomic E-state index is 0.0366. The molecule has 0 unspecified atom stereocenters. The van der Waals surface area contributed by atoms with Crippen LogP contribution in [-0.2, 0) is 19.8 Å². The highest BCUT2D eigenvalue weighted by molar-refractivity contribution is 5.19. The summed E-state index contributed by atoms with van der Waals surface area (Å²) in [6, 6.07) is 0.729. The quantitative estimate of drug-likeness (QED) is 0.864. The molecule has 0 atom stereocenters. The van der Waals surface area contributed by atoms with Crippen LogP contribution in [0.3, 0.4) is 0 Å². The predicted molar refractivity (Wildman–Crippen MR) is 55.5 cm³/mol. The Kier molecular flexibility index (Phi) is 3.23. The minimum atomic E-state index is -4.59. The zero-order valence-electron chi connectivity index (χ0n) is 9.77. The van der Waals surface area contributed by atoms with Crippen molar-refractivity contribution in [3.8, 4) is 5.88 Å². The van der Waals surface area contributed by atoms with Gasteiger partial charge in [-0.05, 0) is 0 Å². The van der Waals surface area contributed by atoms with Gasteiger partial charge in [-0.3, -0.25) is 10.4 Å². The van der Waals surface area contributed by atoms with Crippen LogP contribution < -0.4 is 15.5 Å². The molecule has 0 amide bonds. The van der Waals surface area contributed by atoms with E-state index in [4.69, 9.17) is 10.5 Å². The SMILES string of the molecule is Cn1cc(COc2cc(C(F)(F)F)nc(N)[nH+]2)nn1. The fraction of sp³-hybridized carbons (Fsp3) is 0.333. The maximum Gasteiger partial charge on any atom is 0.449 e. The van der Waals surface area contributed by atoms with Gasteiger partial charge in [-0.1, -0.05) is 10.2 Å². The van der Waals surface area contributed by atoms with Crippen LogP contribution in [-0.4, -0.2) is 20.0 Å². The molecule has 0 bridgehead atoms. The summed E-state index contributed by atoms with van der Waals surface area (Å²) in [6.07, 6.45) is -3.01. The lowest BCUT2D eigenvalue weighted by Gasteiger charge is -2.05. The number of rotatable bonds is 3. The summed E-state index contributed by atoms with van der Waals surface area (Å²) >= 11 is 0. The van der Waals surface area contributed by atoms with Gasteiger partial charge in [0.1, 0.15) is 12.3 Å². The molecular formula is C9H10F3N6O+. The summed E-state index contributed by atoms with van der Waals surface area (Å²) in [6.45, 7) is -0.0366. The number of nitrogens with two attached hydrogens (primary N) is 1. The topological polar surface area (TPSA) is 93.0 Å². The highest BCUT2D eigenvalue weighted by Crippen LogP contribution is 2.28. The molecule has 7 nitrogen and oxygen atoms in total. The van der Waals surface area contributed by atoms with Crippen LogP contribution >= 0.6 is 0 Å². The smallest absolute Gasteiger partial charge is 0.449 e. The molecule has 0 aliphatic heterocycles. The van der Waals surface area contributed by atoms with E-state index in [0.29, 0.717) is 5.69 Å². The molecule has 0 spiro atoms. The largest absolute Gasteiger partial charge is 0.461 e. The third kappa shape index (κ3) is 3.30. The van der Waals surface area contributed by atoms with E-state index in [1.54, 1.807) is 13.2 Å². The van der Waals surface area contributed by atoms with Gasteiger partial charge in [-0.2, -0.15) is 13.2 Å². The third-order valence-electron chi connectivity index (χ3n) is 2.08. The lowest BCUT2D eigenvalue weighted by atomic mass is 10.4. The van der Waals surface area contributed by atoms with E-state index >= 15 is 0 Å².